The first-order chi connectivity index (χ1) is 19.3. The van der Waals surface area contributed by atoms with Gasteiger partial charge in [-0.05, 0) is 38.5 Å². The van der Waals surface area contributed by atoms with E-state index >= 15 is 0 Å². The molecule has 7 nitrogen and oxygen atoms in total. The fraction of sp³-hybridized carbons (Fsp3) is 0.848. The molecule has 0 aliphatic carbocycles. The molecule has 0 aromatic rings. The van der Waals surface area contributed by atoms with Gasteiger partial charge in [0.25, 0.3) is 0 Å². The molecule has 0 aliphatic rings. The minimum absolute atomic E-state index is 0.0800. The van der Waals surface area contributed by atoms with Crippen molar-refractivity contribution in [3.05, 3.63) is 12.2 Å². The minimum Gasteiger partial charge on any atom is -0.481 e. The summed E-state index contributed by atoms with van der Waals surface area (Å²) in [6, 6.07) is 0. The third-order valence-electron chi connectivity index (χ3n) is 8.04. The van der Waals surface area contributed by atoms with Crippen LogP contribution in [0.15, 0.2) is 12.2 Å². The van der Waals surface area contributed by atoms with Gasteiger partial charge in [-0.3, -0.25) is 14.4 Å². The van der Waals surface area contributed by atoms with Crippen LogP contribution in [-0.4, -0.2) is 63.9 Å². The summed E-state index contributed by atoms with van der Waals surface area (Å²) < 4.78 is 0.254. The summed E-state index contributed by atoms with van der Waals surface area (Å²) in [5.41, 5.74) is 0. The largest absolute Gasteiger partial charge is 0.481 e. The Bertz CT molecular complexity index is 618. The van der Waals surface area contributed by atoms with Gasteiger partial charge in [0.05, 0.1) is 45.4 Å². The average Bonchev–Trinajstić information content (AvgIpc) is 2.92. The van der Waals surface area contributed by atoms with Gasteiger partial charge in [0.1, 0.15) is 0 Å². The lowest BCUT2D eigenvalue weighted by Crippen LogP contribution is -2.52. The van der Waals surface area contributed by atoms with E-state index in [0.717, 1.165) is 38.5 Å². The van der Waals surface area contributed by atoms with E-state index in [2.05, 4.69) is 19.1 Å². The maximum atomic E-state index is 11.1. The Morgan fingerprint density at radius 2 is 0.750 bits per heavy atom. The summed E-state index contributed by atoms with van der Waals surface area (Å²) in [5.74, 6) is -2.81. The Morgan fingerprint density at radius 3 is 1.07 bits per heavy atom. The van der Waals surface area contributed by atoms with Crippen LogP contribution in [0.3, 0.4) is 0 Å². The molecule has 3 N–H and O–H groups in total. The quantitative estimate of drug-likeness (QED) is 0.0438. The molecule has 0 bridgehead atoms. The van der Waals surface area contributed by atoms with Crippen molar-refractivity contribution in [3.63, 3.8) is 0 Å². The number of nitrogens with zero attached hydrogens (tertiary/aromatic N) is 1. The molecule has 7 heteroatoms. The van der Waals surface area contributed by atoms with Crippen LogP contribution in [-0.2, 0) is 14.4 Å². The maximum Gasteiger partial charge on any atom is 0.309 e. The van der Waals surface area contributed by atoms with Crippen LogP contribution < -0.4 is 0 Å². The number of carboxylic acid groups (broad SMARTS) is 3. The number of carbonyl (C=O) groups is 3. The summed E-state index contributed by atoms with van der Waals surface area (Å²) in [6.45, 7) is 3.73. The lowest BCUT2D eigenvalue weighted by molar-refractivity contribution is -0.927. The molecule has 0 radical (unpaired) electrons. The zero-order valence-electron chi connectivity index (χ0n) is 25.8. The minimum atomic E-state index is -0.936. The Morgan fingerprint density at radius 1 is 0.450 bits per heavy atom. The van der Waals surface area contributed by atoms with E-state index in [4.69, 9.17) is 15.3 Å². The highest BCUT2D eigenvalue weighted by molar-refractivity contribution is 5.67. The number of hydrogen-bond donors (Lipinski definition) is 3. The van der Waals surface area contributed by atoms with E-state index in [1.165, 1.54) is 89.9 Å². The fourth-order valence-electron chi connectivity index (χ4n) is 5.42. The van der Waals surface area contributed by atoms with Gasteiger partial charge in [-0.2, -0.15) is 0 Å². The van der Waals surface area contributed by atoms with Crippen LogP contribution >= 0.6 is 0 Å². The molecule has 0 aromatic heterocycles. The zero-order valence-corrected chi connectivity index (χ0v) is 25.8. The summed E-state index contributed by atoms with van der Waals surface area (Å²) in [6.07, 6.45) is 30.0. The number of rotatable bonds is 31. The van der Waals surface area contributed by atoms with Crippen LogP contribution in [0.1, 0.15) is 155 Å². The van der Waals surface area contributed by atoms with Crippen molar-refractivity contribution >= 4 is 17.9 Å². The molecule has 0 fully saturated rings. The molecule has 0 aliphatic heterocycles. The first kappa shape index (κ1) is 38.1. The Labute approximate surface area is 245 Å². The second-order valence-corrected chi connectivity index (χ2v) is 11.7. The predicted octanol–water partition coefficient (Wildman–Crippen LogP) is 8.61. The van der Waals surface area contributed by atoms with Crippen molar-refractivity contribution in [1.29, 1.82) is 0 Å². The van der Waals surface area contributed by atoms with Crippen molar-refractivity contribution in [2.24, 2.45) is 0 Å². The molecule has 0 saturated heterocycles. The molecular weight excluding hydrogens is 506 g/mol. The SMILES string of the molecule is CCCCCCCCCCCCCCCC/C=C/CCCCCC[N+](CCC(=O)O)(CCC(=O)O)CCC(=O)O. The van der Waals surface area contributed by atoms with Crippen LogP contribution in [0, 0.1) is 0 Å². The van der Waals surface area contributed by atoms with Crippen molar-refractivity contribution in [1.82, 2.24) is 0 Å². The number of quaternary nitrogens is 1. The van der Waals surface area contributed by atoms with Crippen LogP contribution in [0.5, 0.6) is 0 Å². The summed E-state index contributed by atoms with van der Waals surface area (Å²) in [5, 5.41) is 27.4. The number of carboxylic acids is 3. The molecule has 40 heavy (non-hydrogen) atoms. The van der Waals surface area contributed by atoms with Gasteiger partial charge in [-0.1, -0.05) is 109 Å². The van der Waals surface area contributed by atoms with E-state index in [9.17, 15) is 14.4 Å². The van der Waals surface area contributed by atoms with Gasteiger partial charge in [0.2, 0.25) is 0 Å². The second-order valence-electron chi connectivity index (χ2n) is 11.7. The number of allylic oxidation sites excluding steroid dienone is 2. The molecule has 0 rings (SSSR count). The van der Waals surface area contributed by atoms with Gasteiger partial charge >= 0.3 is 17.9 Å². The molecule has 0 unspecified atom stereocenters. The Kier molecular flexibility index (Phi) is 26.0. The van der Waals surface area contributed by atoms with Crippen molar-refractivity contribution in [3.8, 4) is 0 Å². The molecule has 234 valence electrons. The predicted molar refractivity (Wildman–Crippen MR) is 164 cm³/mol. The first-order valence-electron chi connectivity index (χ1n) is 16.5. The molecule has 0 atom stereocenters. The third-order valence-corrected chi connectivity index (χ3v) is 8.04. The standard InChI is InChI=1S/C33H61NO6/c1-2-3-4-5-6-7-8-9-10-11-12-13-14-15-16-17-18-19-20-21-22-23-27-34(28-24-31(35)36,29-25-32(37)38)30-26-33(39)40/h17-18H,2-16,19-30H2,1H3,(H2-,35,36,37,38,39,40)/p+1/b18-17+. The van der Waals surface area contributed by atoms with E-state index in [-0.39, 0.29) is 43.4 Å². The van der Waals surface area contributed by atoms with Crippen LogP contribution in [0.2, 0.25) is 0 Å². The third kappa shape index (κ3) is 26.3. The van der Waals surface area contributed by atoms with Crippen LogP contribution in [0.4, 0.5) is 0 Å². The van der Waals surface area contributed by atoms with Crippen molar-refractivity contribution in [2.45, 2.75) is 155 Å². The van der Waals surface area contributed by atoms with Gasteiger partial charge in [0.15, 0.2) is 0 Å². The van der Waals surface area contributed by atoms with Gasteiger partial charge < -0.3 is 19.8 Å². The zero-order chi connectivity index (χ0) is 29.7. The molecule has 0 spiro atoms. The number of aliphatic carboxylic acids is 3. The van der Waals surface area contributed by atoms with Crippen molar-refractivity contribution in [2.75, 3.05) is 26.2 Å². The first-order valence-corrected chi connectivity index (χ1v) is 16.5. The average molecular weight is 569 g/mol. The van der Waals surface area contributed by atoms with Crippen molar-refractivity contribution < 1.29 is 34.2 Å². The maximum absolute atomic E-state index is 11.1. The summed E-state index contributed by atoms with van der Waals surface area (Å²) >= 11 is 0. The summed E-state index contributed by atoms with van der Waals surface area (Å²) in [4.78, 5) is 33.4. The topological polar surface area (TPSA) is 112 Å². The monoisotopic (exact) mass is 568 g/mol. The highest BCUT2D eigenvalue weighted by atomic mass is 16.4. The van der Waals surface area contributed by atoms with E-state index in [0.29, 0.717) is 6.54 Å². The smallest absolute Gasteiger partial charge is 0.309 e. The van der Waals surface area contributed by atoms with Gasteiger partial charge in [-0.25, -0.2) is 0 Å². The van der Waals surface area contributed by atoms with E-state index < -0.39 is 17.9 Å². The van der Waals surface area contributed by atoms with Gasteiger partial charge in [0, 0.05) is 0 Å². The molecular formula is C33H62NO6+. The highest BCUT2D eigenvalue weighted by Gasteiger charge is 2.29. The molecule has 0 saturated carbocycles. The number of hydrogen-bond acceptors (Lipinski definition) is 3. The molecule has 0 amide bonds. The lowest BCUT2D eigenvalue weighted by Gasteiger charge is -2.38. The van der Waals surface area contributed by atoms with Gasteiger partial charge in [-0.15, -0.1) is 0 Å². The molecule has 0 aromatic carbocycles. The van der Waals surface area contributed by atoms with Crippen LogP contribution in [0.25, 0.3) is 0 Å². The second kappa shape index (κ2) is 27.3. The van der Waals surface area contributed by atoms with E-state index in [1.54, 1.807) is 0 Å². The fourth-order valence-corrected chi connectivity index (χ4v) is 5.42. The molecule has 0 heterocycles. The summed E-state index contributed by atoms with van der Waals surface area (Å²) in [7, 11) is 0. The van der Waals surface area contributed by atoms with E-state index in [1.807, 2.05) is 0 Å². The normalized spacial score (nSPS) is 11.8. The highest BCUT2D eigenvalue weighted by Crippen LogP contribution is 2.17. The number of unbranched alkanes of at least 4 members (excludes halogenated alkanes) is 18. The Balaban J connectivity index is 3.87. The lowest BCUT2D eigenvalue weighted by atomic mass is 10.0. The Hall–Kier alpha value is -1.89.